The van der Waals surface area contributed by atoms with Gasteiger partial charge in [0, 0.05) is 91.8 Å². The van der Waals surface area contributed by atoms with Gasteiger partial charge in [-0.1, -0.05) is 0 Å². The number of imidazole rings is 1. The Morgan fingerprint density at radius 2 is 1.33 bits per heavy atom. The van der Waals surface area contributed by atoms with Gasteiger partial charge in [-0.3, -0.25) is 9.48 Å². The van der Waals surface area contributed by atoms with E-state index in [0.29, 0.717) is 105 Å². The van der Waals surface area contributed by atoms with Crippen molar-refractivity contribution >= 4 is 57.5 Å². The van der Waals surface area contributed by atoms with Gasteiger partial charge in [0.15, 0.2) is 18.1 Å². The van der Waals surface area contributed by atoms with Crippen LogP contribution in [0.2, 0.25) is 0 Å². The van der Waals surface area contributed by atoms with E-state index >= 15 is 4.79 Å². The number of esters is 1. The number of carbonyl (C=O) groups is 3. The van der Waals surface area contributed by atoms with Crippen LogP contribution in [-0.2, 0) is 60.0 Å². The Hall–Kier alpha value is -9.33. The highest BCUT2D eigenvalue weighted by atomic mass is 16.8. The molecule has 0 radical (unpaired) electrons. The van der Waals surface area contributed by atoms with Crippen LogP contribution in [0.5, 0.6) is 34.5 Å². The second-order valence-corrected chi connectivity index (χ2v) is 24.3. The molecular formula is C65H79N11O14. The van der Waals surface area contributed by atoms with Gasteiger partial charge in [0.25, 0.3) is 5.91 Å². The summed E-state index contributed by atoms with van der Waals surface area (Å²) in [6.45, 7) is 14.7. The average molecular weight is 1240 g/mol. The van der Waals surface area contributed by atoms with E-state index in [9.17, 15) is 9.59 Å². The molecule has 2 amide bonds. The van der Waals surface area contributed by atoms with Crippen molar-refractivity contribution in [3.63, 3.8) is 0 Å². The van der Waals surface area contributed by atoms with Gasteiger partial charge in [0.05, 0.1) is 64.8 Å². The summed E-state index contributed by atoms with van der Waals surface area (Å²) < 4.78 is 69.5. The van der Waals surface area contributed by atoms with Crippen LogP contribution >= 0.6 is 0 Å². The summed E-state index contributed by atoms with van der Waals surface area (Å²) in [5.74, 6) is 2.26. The zero-order valence-electron chi connectivity index (χ0n) is 53.5. The van der Waals surface area contributed by atoms with E-state index in [2.05, 4.69) is 15.6 Å². The number of methoxy groups -OCH3 is 6. The standard InChI is InChI=1S/C65H79N11O14/c1-63(2,3)89-60(78)47(71-62(79)90-64(4,5)6)25-27-75(40-19-23-46-48(28-40)70-61(69-46)74(33-38-17-21-42(81-11)30-50(38)84-14)34-39-18-22-43(82-12)31-51(39)85-15)58(77)54-53-55(88-65(7,8)87-53)59(86-54)76-35-44(45-24-26-73(9)72-45)52-56(67-36-68-57(52)76)66-32-37-16-20-41(80-10)29-49(37)83-13/h16-24,26,28-31,35-36,47,53-55,59H,25,27,32-34H2,1-15H3,(H,69,70)(H,71,79)(H,66,67,68)/t47-,53+,54-,55+,59+/m0/s1. The highest BCUT2D eigenvalue weighted by Gasteiger charge is 2.59. The van der Waals surface area contributed by atoms with Gasteiger partial charge in [0.2, 0.25) is 5.95 Å². The van der Waals surface area contributed by atoms with E-state index in [-0.39, 0.29) is 13.0 Å². The van der Waals surface area contributed by atoms with E-state index in [0.717, 1.165) is 16.7 Å². The number of aromatic amines is 1. The molecule has 4 aromatic heterocycles. The number of alkyl carbamates (subject to hydrolysis) is 1. The van der Waals surface area contributed by atoms with Crippen LogP contribution in [0.4, 0.5) is 22.2 Å². The molecule has 0 bridgehead atoms. The summed E-state index contributed by atoms with van der Waals surface area (Å²) in [4.78, 5) is 65.6. The Morgan fingerprint density at radius 1 is 0.733 bits per heavy atom. The molecule has 25 heteroatoms. The molecule has 90 heavy (non-hydrogen) atoms. The number of aromatic nitrogens is 7. The first kappa shape index (κ1) is 63.7. The molecule has 3 N–H and O–H groups in total. The van der Waals surface area contributed by atoms with Crippen LogP contribution in [0.15, 0.2) is 97.6 Å². The van der Waals surface area contributed by atoms with Crippen molar-refractivity contribution in [1.29, 1.82) is 0 Å². The Balaban J connectivity index is 1.05. The number of nitrogens with one attached hydrogen (secondary N) is 3. The van der Waals surface area contributed by atoms with Crippen molar-refractivity contribution < 1.29 is 66.5 Å². The highest BCUT2D eigenvalue weighted by molar-refractivity contribution is 6.01. The van der Waals surface area contributed by atoms with Gasteiger partial charge < -0.3 is 82.1 Å². The summed E-state index contributed by atoms with van der Waals surface area (Å²) in [6, 6.07) is 22.8. The zero-order chi connectivity index (χ0) is 64.4. The van der Waals surface area contributed by atoms with Crippen molar-refractivity contribution in [2.45, 2.75) is 129 Å². The number of nitrogens with zero attached hydrogens (tertiary/aromatic N) is 8. The normalized spacial score (nSPS) is 17.3. The number of benzene rings is 4. The number of H-pyrrole nitrogens is 1. The number of ether oxygens (including phenoxy) is 11. The van der Waals surface area contributed by atoms with Crippen molar-refractivity contribution in [2.75, 3.05) is 64.3 Å². The second kappa shape index (κ2) is 26.0. The van der Waals surface area contributed by atoms with E-state index < -0.39 is 65.5 Å². The summed E-state index contributed by atoms with van der Waals surface area (Å²) in [6.07, 6.45) is -0.0223. The molecule has 6 heterocycles. The van der Waals surface area contributed by atoms with Crippen LogP contribution in [0.3, 0.4) is 0 Å². The quantitative estimate of drug-likeness (QED) is 0.0503. The second-order valence-electron chi connectivity index (χ2n) is 24.3. The summed E-state index contributed by atoms with van der Waals surface area (Å²) in [7, 11) is 11.4. The Morgan fingerprint density at radius 3 is 1.91 bits per heavy atom. The number of aryl methyl sites for hydroxylation is 1. The summed E-state index contributed by atoms with van der Waals surface area (Å²) >= 11 is 0. The molecule has 4 aromatic carbocycles. The van der Waals surface area contributed by atoms with E-state index in [1.165, 1.54) is 11.2 Å². The zero-order valence-corrected chi connectivity index (χ0v) is 53.5. The fourth-order valence-electron chi connectivity index (χ4n) is 11.1. The fraction of sp³-hybridized carbons (Fsp3) is 0.431. The summed E-state index contributed by atoms with van der Waals surface area (Å²) in [5, 5.41) is 11.7. The maximum absolute atomic E-state index is 16.1. The number of rotatable bonds is 23. The Labute approximate surface area is 522 Å². The third kappa shape index (κ3) is 14.1. The number of amides is 2. The smallest absolute Gasteiger partial charge is 0.408 e. The molecule has 5 atom stereocenters. The maximum atomic E-state index is 16.1. The first-order valence-electron chi connectivity index (χ1n) is 29.4. The topological polar surface area (TPSA) is 260 Å². The van der Waals surface area contributed by atoms with Crippen LogP contribution in [0.25, 0.3) is 33.3 Å². The maximum Gasteiger partial charge on any atom is 0.408 e. The molecule has 2 fully saturated rings. The molecule has 2 saturated heterocycles. The van der Waals surface area contributed by atoms with Crippen molar-refractivity contribution in [3.05, 3.63) is 114 Å². The molecule has 8 aromatic rings. The lowest BCUT2D eigenvalue weighted by atomic mass is 10.1. The molecule has 25 nitrogen and oxygen atoms in total. The van der Waals surface area contributed by atoms with Gasteiger partial charge in [-0.25, -0.2) is 24.5 Å². The van der Waals surface area contributed by atoms with Gasteiger partial charge in [-0.05, 0) is 122 Å². The van der Waals surface area contributed by atoms with Crippen molar-refractivity contribution in [2.24, 2.45) is 7.05 Å². The van der Waals surface area contributed by atoms with Gasteiger partial charge >= 0.3 is 12.1 Å². The fourth-order valence-corrected chi connectivity index (χ4v) is 11.1. The summed E-state index contributed by atoms with van der Waals surface area (Å²) in [5.41, 5.74) is 3.97. The minimum absolute atomic E-state index is 0.134. The number of hydrogen-bond donors (Lipinski definition) is 3. The third-order valence-electron chi connectivity index (χ3n) is 15.2. The van der Waals surface area contributed by atoms with Crippen LogP contribution < -0.4 is 48.9 Å². The lowest BCUT2D eigenvalue weighted by Crippen LogP contribution is -2.50. The van der Waals surface area contributed by atoms with E-state index in [1.807, 2.05) is 89.6 Å². The molecule has 10 rings (SSSR count). The van der Waals surface area contributed by atoms with Crippen LogP contribution in [-0.4, -0.2) is 143 Å². The number of carbonyl (C=O) groups excluding carboxylic acids is 3. The molecule has 0 aliphatic carbocycles. The number of anilines is 3. The molecule has 0 spiro atoms. The first-order valence-corrected chi connectivity index (χ1v) is 29.4. The molecule has 0 saturated carbocycles. The van der Waals surface area contributed by atoms with E-state index in [1.54, 1.807) is 121 Å². The lowest BCUT2D eigenvalue weighted by molar-refractivity contribution is -0.196. The van der Waals surface area contributed by atoms with Gasteiger partial charge in [0.1, 0.15) is 81.7 Å². The van der Waals surface area contributed by atoms with E-state index in [4.69, 9.17) is 72.2 Å². The van der Waals surface area contributed by atoms with Gasteiger partial charge in [-0.2, -0.15) is 5.10 Å². The lowest BCUT2D eigenvalue weighted by Gasteiger charge is -2.31. The van der Waals surface area contributed by atoms with Crippen LogP contribution in [0, 0.1) is 0 Å². The molecule has 0 unspecified atom stereocenters. The average Bonchev–Trinajstić information content (AvgIpc) is 1.60. The van der Waals surface area contributed by atoms with Crippen molar-refractivity contribution in [3.8, 4) is 45.8 Å². The van der Waals surface area contributed by atoms with Crippen molar-refractivity contribution in [1.82, 2.24) is 39.6 Å². The predicted octanol–water partition coefficient (Wildman–Crippen LogP) is 9.65. The SMILES string of the molecule is COc1ccc(CNc2ncnc3c2c(-c2ccn(C)n2)cn3[C@@H]2O[C@H](C(=O)N(CC[C@H](NC(=O)OC(C)(C)C)C(=O)OC(C)(C)C)c3ccc4nc(N(Cc5ccc(OC)cc5OC)Cc5ccc(OC)cc5OC)[nH]c4c3)[C@H]3OC(C)(C)O[C@H]32)c(OC)c1. The molecule has 2 aliphatic heterocycles. The minimum atomic E-state index is -1.33. The largest absolute Gasteiger partial charge is 0.497 e. The third-order valence-corrected chi connectivity index (χ3v) is 15.2. The molecule has 2 aliphatic rings. The molecular weight excluding hydrogens is 1160 g/mol. The number of fused-ring (bicyclic) bond motifs is 3. The molecule has 478 valence electrons. The minimum Gasteiger partial charge on any atom is -0.497 e. The van der Waals surface area contributed by atoms with Crippen LogP contribution in [0.1, 0.15) is 84.7 Å². The Bertz CT molecular complexity index is 3850. The number of hydrogen-bond acceptors (Lipinski definition) is 20. The Kier molecular flexibility index (Phi) is 18.4. The predicted molar refractivity (Wildman–Crippen MR) is 335 cm³/mol. The first-order chi connectivity index (χ1) is 42.9. The van der Waals surface area contributed by atoms with Gasteiger partial charge in [-0.15, -0.1) is 0 Å². The highest BCUT2D eigenvalue weighted by Crippen LogP contribution is 2.47. The monoisotopic (exact) mass is 1240 g/mol.